The Morgan fingerprint density at radius 3 is 2.57 bits per heavy atom. The van der Waals surface area contributed by atoms with E-state index in [1.54, 1.807) is 7.11 Å². The molecule has 1 N–H and O–H groups in total. The summed E-state index contributed by atoms with van der Waals surface area (Å²) in [6.45, 7) is 0.418. The maximum absolute atomic E-state index is 12.1. The zero-order chi connectivity index (χ0) is 16.1. The molecule has 6 heteroatoms. The number of methoxy groups -OCH3 is 1. The van der Waals surface area contributed by atoms with Crippen LogP contribution in [0.2, 0.25) is 0 Å². The van der Waals surface area contributed by atoms with Crippen molar-refractivity contribution in [2.45, 2.75) is 6.54 Å². The van der Waals surface area contributed by atoms with Crippen molar-refractivity contribution in [3.63, 3.8) is 0 Å². The summed E-state index contributed by atoms with van der Waals surface area (Å²) in [4.78, 5) is 13.6. The van der Waals surface area contributed by atoms with Crippen LogP contribution < -0.4 is 10.1 Å². The molecule has 0 radical (unpaired) electrons. The predicted molar refractivity (Wildman–Crippen MR) is 85.5 cm³/mol. The fourth-order valence-electron chi connectivity index (χ4n) is 2.07. The van der Waals surface area contributed by atoms with Gasteiger partial charge in [-0.25, -0.2) is 0 Å². The third-order valence-corrected chi connectivity index (χ3v) is 3.32. The van der Waals surface area contributed by atoms with Gasteiger partial charge in [-0.15, -0.1) is 5.10 Å². The summed E-state index contributed by atoms with van der Waals surface area (Å²) in [5.74, 6) is 0.522. The van der Waals surface area contributed by atoms with E-state index in [1.165, 1.54) is 11.0 Å². The first-order valence-corrected chi connectivity index (χ1v) is 7.15. The average molecular weight is 308 g/mol. The summed E-state index contributed by atoms with van der Waals surface area (Å²) in [6.07, 6.45) is 1.45. The highest BCUT2D eigenvalue weighted by atomic mass is 16.5. The van der Waals surface area contributed by atoms with Crippen LogP contribution in [0, 0.1) is 0 Å². The normalized spacial score (nSPS) is 10.3. The van der Waals surface area contributed by atoms with Crippen LogP contribution in [-0.4, -0.2) is 28.0 Å². The van der Waals surface area contributed by atoms with Crippen LogP contribution in [0.4, 0.5) is 0 Å². The summed E-state index contributed by atoms with van der Waals surface area (Å²) >= 11 is 0. The Kier molecular flexibility index (Phi) is 4.33. The molecule has 0 spiro atoms. The van der Waals surface area contributed by atoms with Crippen molar-refractivity contribution >= 4 is 5.91 Å². The second-order valence-corrected chi connectivity index (χ2v) is 4.89. The molecule has 3 aromatic rings. The number of para-hydroxylation sites is 1. The Bertz CT molecular complexity index is 782. The van der Waals surface area contributed by atoms with E-state index in [-0.39, 0.29) is 11.6 Å². The van der Waals surface area contributed by atoms with Crippen molar-refractivity contribution in [3.8, 4) is 11.4 Å². The lowest BCUT2D eigenvalue weighted by Gasteiger charge is -2.04. The van der Waals surface area contributed by atoms with Gasteiger partial charge in [0.25, 0.3) is 5.91 Å². The molecule has 3 rings (SSSR count). The van der Waals surface area contributed by atoms with E-state index in [0.29, 0.717) is 6.54 Å². The first-order chi connectivity index (χ1) is 11.3. The van der Waals surface area contributed by atoms with E-state index in [4.69, 9.17) is 4.74 Å². The molecule has 1 aromatic heterocycles. The lowest BCUT2D eigenvalue weighted by Crippen LogP contribution is -2.23. The van der Waals surface area contributed by atoms with Crippen molar-refractivity contribution in [3.05, 3.63) is 72.1 Å². The van der Waals surface area contributed by atoms with Crippen molar-refractivity contribution in [2.75, 3.05) is 7.11 Å². The van der Waals surface area contributed by atoms with Gasteiger partial charge in [-0.2, -0.15) is 9.90 Å². The molecule has 0 unspecified atom stereocenters. The number of amides is 1. The van der Waals surface area contributed by atoms with Gasteiger partial charge in [0, 0.05) is 6.54 Å². The number of carbonyl (C=O) groups excluding carboxylic acids is 1. The van der Waals surface area contributed by atoms with Crippen LogP contribution >= 0.6 is 0 Å². The Morgan fingerprint density at radius 1 is 1.13 bits per heavy atom. The fraction of sp³-hybridized carbons (Fsp3) is 0.118. The zero-order valence-electron chi connectivity index (χ0n) is 12.6. The van der Waals surface area contributed by atoms with Gasteiger partial charge in [0.05, 0.1) is 19.0 Å². The number of hydrogen-bond donors (Lipinski definition) is 1. The van der Waals surface area contributed by atoms with E-state index in [2.05, 4.69) is 15.5 Å². The van der Waals surface area contributed by atoms with Gasteiger partial charge >= 0.3 is 0 Å². The molecule has 0 saturated carbocycles. The maximum Gasteiger partial charge on any atom is 0.273 e. The molecule has 0 aliphatic heterocycles. The van der Waals surface area contributed by atoms with Gasteiger partial charge in [0.15, 0.2) is 5.69 Å². The van der Waals surface area contributed by atoms with Crippen LogP contribution in [0.1, 0.15) is 16.1 Å². The van der Waals surface area contributed by atoms with Crippen LogP contribution in [-0.2, 0) is 6.54 Å². The summed E-state index contributed by atoms with van der Waals surface area (Å²) in [5, 5.41) is 11.1. The summed E-state index contributed by atoms with van der Waals surface area (Å²) < 4.78 is 5.10. The molecule has 116 valence electrons. The molecule has 0 atom stereocenters. The SMILES string of the molecule is COc1ccc(CNC(=O)c2cnn(-c3ccccc3)n2)cc1. The first-order valence-electron chi connectivity index (χ1n) is 7.15. The largest absolute Gasteiger partial charge is 0.497 e. The quantitative estimate of drug-likeness (QED) is 0.784. The standard InChI is InChI=1S/C17H16N4O2/c1-23-15-9-7-13(8-10-15)11-18-17(22)16-12-19-21(20-16)14-5-3-2-4-6-14/h2-10,12H,11H2,1H3,(H,18,22). The van der Waals surface area contributed by atoms with Gasteiger partial charge < -0.3 is 10.1 Å². The Balaban J connectivity index is 1.63. The van der Waals surface area contributed by atoms with Gasteiger partial charge in [-0.05, 0) is 29.8 Å². The van der Waals surface area contributed by atoms with Gasteiger partial charge in [0.2, 0.25) is 0 Å². The molecule has 0 aliphatic carbocycles. The molecule has 6 nitrogen and oxygen atoms in total. The third-order valence-electron chi connectivity index (χ3n) is 3.32. The van der Waals surface area contributed by atoms with Crippen molar-refractivity contribution < 1.29 is 9.53 Å². The average Bonchev–Trinajstić information content (AvgIpc) is 3.11. The van der Waals surface area contributed by atoms with E-state index in [9.17, 15) is 4.79 Å². The number of rotatable bonds is 5. The fourth-order valence-corrected chi connectivity index (χ4v) is 2.07. The molecule has 0 bridgehead atoms. The number of nitrogens with zero attached hydrogens (tertiary/aromatic N) is 3. The number of nitrogens with one attached hydrogen (secondary N) is 1. The van der Waals surface area contributed by atoms with E-state index in [1.807, 2.05) is 54.6 Å². The van der Waals surface area contributed by atoms with E-state index >= 15 is 0 Å². The molecular formula is C17H16N4O2. The summed E-state index contributed by atoms with van der Waals surface area (Å²) in [5.41, 5.74) is 2.07. The summed E-state index contributed by atoms with van der Waals surface area (Å²) in [7, 11) is 1.62. The zero-order valence-corrected chi connectivity index (χ0v) is 12.6. The second kappa shape index (κ2) is 6.74. The molecule has 0 fully saturated rings. The number of hydrogen-bond acceptors (Lipinski definition) is 4. The number of benzene rings is 2. The predicted octanol–water partition coefficient (Wildman–Crippen LogP) is 2.21. The van der Waals surface area contributed by atoms with Gasteiger partial charge in [0.1, 0.15) is 5.75 Å². The Morgan fingerprint density at radius 2 is 1.87 bits per heavy atom. The minimum absolute atomic E-state index is 0.261. The smallest absolute Gasteiger partial charge is 0.273 e. The molecule has 2 aromatic carbocycles. The van der Waals surface area contributed by atoms with E-state index < -0.39 is 0 Å². The number of aromatic nitrogens is 3. The highest BCUT2D eigenvalue weighted by Crippen LogP contribution is 2.11. The van der Waals surface area contributed by atoms with Gasteiger partial charge in [-0.3, -0.25) is 4.79 Å². The highest BCUT2D eigenvalue weighted by molar-refractivity contribution is 5.91. The topological polar surface area (TPSA) is 69.0 Å². The second-order valence-electron chi connectivity index (χ2n) is 4.89. The van der Waals surface area contributed by atoms with Crippen LogP contribution in [0.25, 0.3) is 5.69 Å². The van der Waals surface area contributed by atoms with Crippen molar-refractivity contribution in [1.82, 2.24) is 20.3 Å². The first kappa shape index (κ1) is 14.8. The third kappa shape index (κ3) is 3.55. The highest BCUT2D eigenvalue weighted by Gasteiger charge is 2.11. The van der Waals surface area contributed by atoms with E-state index in [0.717, 1.165) is 17.0 Å². The lowest BCUT2D eigenvalue weighted by atomic mass is 10.2. The number of carbonyl (C=O) groups is 1. The van der Waals surface area contributed by atoms with Crippen LogP contribution in [0.5, 0.6) is 5.75 Å². The van der Waals surface area contributed by atoms with Gasteiger partial charge in [-0.1, -0.05) is 30.3 Å². The molecule has 1 amide bonds. The Hall–Kier alpha value is -3.15. The van der Waals surface area contributed by atoms with Crippen LogP contribution in [0.3, 0.4) is 0 Å². The molecule has 23 heavy (non-hydrogen) atoms. The molecule has 1 heterocycles. The molecular weight excluding hydrogens is 292 g/mol. The lowest BCUT2D eigenvalue weighted by molar-refractivity contribution is 0.0945. The maximum atomic E-state index is 12.1. The van der Waals surface area contributed by atoms with Crippen molar-refractivity contribution in [1.29, 1.82) is 0 Å². The minimum Gasteiger partial charge on any atom is -0.497 e. The number of ether oxygens (including phenoxy) is 1. The van der Waals surface area contributed by atoms with Crippen LogP contribution in [0.15, 0.2) is 60.8 Å². The summed E-state index contributed by atoms with van der Waals surface area (Å²) in [6, 6.07) is 17.0. The Labute approximate surface area is 133 Å². The molecule has 0 aliphatic rings. The van der Waals surface area contributed by atoms with Crippen molar-refractivity contribution in [2.24, 2.45) is 0 Å². The molecule has 0 saturated heterocycles. The monoisotopic (exact) mass is 308 g/mol. The minimum atomic E-state index is -0.261.